The number of carbonyl (C=O) groups excluding carboxylic acids is 2. The van der Waals surface area contributed by atoms with E-state index in [1.54, 1.807) is 13.8 Å². The van der Waals surface area contributed by atoms with Crippen molar-refractivity contribution < 1.29 is 19.1 Å². The smallest absolute Gasteiger partial charge is 0.352 e. The highest BCUT2D eigenvalue weighted by Crippen LogP contribution is 2.29. The summed E-state index contributed by atoms with van der Waals surface area (Å²) in [5, 5.41) is 0. The highest BCUT2D eigenvalue weighted by Gasteiger charge is 2.18. The van der Waals surface area contributed by atoms with E-state index in [-0.39, 0.29) is 29.0 Å². The van der Waals surface area contributed by atoms with Crippen molar-refractivity contribution in [2.75, 3.05) is 24.7 Å². The Labute approximate surface area is 113 Å². The molecule has 0 saturated heterocycles. The van der Waals surface area contributed by atoms with Crippen LogP contribution < -0.4 is 5.73 Å². The molecule has 100 valence electrons. The third kappa shape index (κ3) is 4.19. The number of anilines is 1. The van der Waals surface area contributed by atoms with E-state index in [1.807, 2.05) is 0 Å². The van der Waals surface area contributed by atoms with Crippen molar-refractivity contribution in [3.8, 4) is 0 Å². The summed E-state index contributed by atoms with van der Waals surface area (Å²) in [4.78, 5) is 26.9. The Morgan fingerprint density at radius 1 is 1.33 bits per heavy atom. The molecule has 0 fully saturated rings. The van der Waals surface area contributed by atoms with Gasteiger partial charge in [0.05, 0.1) is 19.0 Å². The van der Waals surface area contributed by atoms with Crippen LogP contribution in [0.25, 0.3) is 0 Å². The SMILES string of the molecule is CCOC(=O)CSc1nc(N)c(C(=O)OCC)s1. The van der Waals surface area contributed by atoms with Crippen molar-refractivity contribution in [2.24, 2.45) is 0 Å². The molecule has 1 aromatic heterocycles. The van der Waals surface area contributed by atoms with Gasteiger partial charge < -0.3 is 15.2 Å². The summed E-state index contributed by atoms with van der Waals surface area (Å²) in [6.45, 7) is 4.07. The van der Waals surface area contributed by atoms with Crippen molar-refractivity contribution in [3.63, 3.8) is 0 Å². The summed E-state index contributed by atoms with van der Waals surface area (Å²) in [6.07, 6.45) is 0. The fourth-order valence-electron chi connectivity index (χ4n) is 1.04. The maximum absolute atomic E-state index is 11.5. The van der Waals surface area contributed by atoms with Crippen LogP contribution in [0.1, 0.15) is 23.5 Å². The Kier molecular flexibility index (Phi) is 5.93. The molecule has 0 amide bonds. The van der Waals surface area contributed by atoms with Crippen LogP contribution in [-0.4, -0.2) is 35.9 Å². The summed E-state index contributed by atoms with van der Waals surface area (Å²) in [5.74, 6) is -0.544. The molecule has 8 heteroatoms. The normalized spacial score (nSPS) is 10.1. The number of ether oxygens (including phenoxy) is 2. The molecule has 1 aromatic rings. The van der Waals surface area contributed by atoms with E-state index in [9.17, 15) is 9.59 Å². The lowest BCUT2D eigenvalue weighted by molar-refractivity contribution is -0.139. The number of esters is 2. The lowest BCUT2D eigenvalue weighted by atomic mass is 10.5. The molecule has 0 radical (unpaired) electrons. The first-order valence-electron chi connectivity index (χ1n) is 5.30. The second-order valence-corrected chi connectivity index (χ2v) is 5.23. The number of nitrogens with zero attached hydrogens (tertiary/aromatic N) is 1. The van der Waals surface area contributed by atoms with Crippen LogP contribution >= 0.6 is 23.1 Å². The van der Waals surface area contributed by atoms with Crippen LogP contribution in [0.5, 0.6) is 0 Å². The quantitative estimate of drug-likeness (QED) is 0.627. The summed E-state index contributed by atoms with van der Waals surface area (Å²) >= 11 is 2.30. The van der Waals surface area contributed by atoms with Gasteiger partial charge in [-0.15, -0.1) is 0 Å². The predicted octanol–water partition coefficient (Wildman–Crippen LogP) is 1.56. The largest absolute Gasteiger partial charge is 0.465 e. The molecular formula is C10H14N2O4S2. The monoisotopic (exact) mass is 290 g/mol. The second kappa shape index (κ2) is 7.22. The molecule has 0 aliphatic heterocycles. The van der Waals surface area contributed by atoms with E-state index in [4.69, 9.17) is 15.2 Å². The fraction of sp³-hybridized carbons (Fsp3) is 0.500. The minimum Gasteiger partial charge on any atom is -0.465 e. The van der Waals surface area contributed by atoms with Crippen molar-refractivity contribution in [2.45, 2.75) is 18.2 Å². The first-order chi connectivity index (χ1) is 8.58. The van der Waals surface area contributed by atoms with Crippen LogP contribution in [0.3, 0.4) is 0 Å². The van der Waals surface area contributed by atoms with Gasteiger partial charge in [-0.25, -0.2) is 9.78 Å². The average molecular weight is 290 g/mol. The van der Waals surface area contributed by atoms with Crippen LogP contribution in [0, 0.1) is 0 Å². The molecule has 0 aliphatic carbocycles. The van der Waals surface area contributed by atoms with E-state index in [2.05, 4.69) is 4.98 Å². The Bertz CT molecular complexity index is 434. The Morgan fingerprint density at radius 3 is 2.61 bits per heavy atom. The number of hydrogen-bond acceptors (Lipinski definition) is 8. The van der Waals surface area contributed by atoms with Crippen molar-refractivity contribution in [1.29, 1.82) is 0 Å². The molecule has 0 aromatic carbocycles. The van der Waals surface area contributed by atoms with Gasteiger partial charge in [-0.3, -0.25) is 4.79 Å². The van der Waals surface area contributed by atoms with Gasteiger partial charge >= 0.3 is 11.9 Å². The molecule has 0 spiro atoms. The highest BCUT2D eigenvalue weighted by molar-refractivity contribution is 8.01. The third-order valence-corrected chi connectivity index (χ3v) is 3.88. The number of thiazole rings is 1. The van der Waals surface area contributed by atoms with Gasteiger partial charge in [0.1, 0.15) is 0 Å². The zero-order valence-corrected chi connectivity index (χ0v) is 11.7. The molecule has 6 nitrogen and oxygen atoms in total. The number of aromatic nitrogens is 1. The number of rotatable bonds is 6. The molecule has 1 rings (SSSR count). The summed E-state index contributed by atoms with van der Waals surface area (Å²) < 4.78 is 10.2. The standard InChI is InChI=1S/C10H14N2O4S2/c1-3-15-6(13)5-17-10-12-8(11)7(18-10)9(14)16-4-2/h3-5,11H2,1-2H3. The van der Waals surface area contributed by atoms with Gasteiger partial charge in [-0.1, -0.05) is 23.1 Å². The maximum atomic E-state index is 11.5. The first-order valence-corrected chi connectivity index (χ1v) is 7.10. The summed E-state index contributed by atoms with van der Waals surface area (Å²) in [6, 6.07) is 0. The molecule has 0 unspecified atom stereocenters. The zero-order chi connectivity index (χ0) is 13.5. The lowest BCUT2D eigenvalue weighted by Crippen LogP contribution is -2.06. The molecule has 0 saturated carbocycles. The fourth-order valence-corrected chi connectivity index (χ4v) is 2.80. The number of carbonyl (C=O) groups is 2. The highest BCUT2D eigenvalue weighted by atomic mass is 32.2. The number of nitrogens with two attached hydrogens (primary N) is 1. The Hall–Kier alpha value is -1.28. The molecule has 0 atom stereocenters. The lowest BCUT2D eigenvalue weighted by Gasteiger charge is -1.98. The van der Waals surface area contributed by atoms with Gasteiger partial charge in [0.25, 0.3) is 0 Å². The number of hydrogen-bond donors (Lipinski definition) is 1. The van der Waals surface area contributed by atoms with E-state index in [1.165, 1.54) is 11.8 Å². The van der Waals surface area contributed by atoms with Gasteiger partial charge in [0.15, 0.2) is 15.0 Å². The minimum absolute atomic E-state index is 0.129. The van der Waals surface area contributed by atoms with Gasteiger partial charge in [0, 0.05) is 0 Å². The van der Waals surface area contributed by atoms with Crippen LogP contribution in [0.4, 0.5) is 5.82 Å². The van der Waals surface area contributed by atoms with E-state index in [0.717, 1.165) is 11.3 Å². The molecule has 0 bridgehead atoms. The molecule has 0 aliphatic rings. The van der Waals surface area contributed by atoms with Crippen LogP contribution in [-0.2, 0) is 14.3 Å². The van der Waals surface area contributed by atoms with Crippen LogP contribution in [0.15, 0.2) is 4.34 Å². The first kappa shape index (κ1) is 14.8. The van der Waals surface area contributed by atoms with Crippen molar-refractivity contribution in [3.05, 3.63) is 4.88 Å². The van der Waals surface area contributed by atoms with E-state index < -0.39 is 5.97 Å². The molecule has 18 heavy (non-hydrogen) atoms. The van der Waals surface area contributed by atoms with Crippen molar-refractivity contribution in [1.82, 2.24) is 4.98 Å². The average Bonchev–Trinajstić information content (AvgIpc) is 2.69. The predicted molar refractivity (Wildman–Crippen MR) is 69.8 cm³/mol. The van der Waals surface area contributed by atoms with Crippen molar-refractivity contribution >= 4 is 40.9 Å². The summed E-state index contributed by atoms with van der Waals surface area (Å²) in [5.41, 5.74) is 5.61. The molecular weight excluding hydrogens is 276 g/mol. The minimum atomic E-state index is -0.490. The Balaban J connectivity index is 2.61. The molecule has 1 heterocycles. The van der Waals surface area contributed by atoms with E-state index in [0.29, 0.717) is 10.9 Å². The van der Waals surface area contributed by atoms with Crippen LogP contribution in [0.2, 0.25) is 0 Å². The van der Waals surface area contributed by atoms with E-state index >= 15 is 0 Å². The van der Waals surface area contributed by atoms with Gasteiger partial charge in [-0.2, -0.15) is 0 Å². The second-order valence-electron chi connectivity index (χ2n) is 3.01. The molecule has 2 N–H and O–H groups in total. The van der Waals surface area contributed by atoms with Gasteiger partial charge in [-0.05, 0) is 13.8 Å². The summed E-state index contributed by atoms with van der Waals surface area (Å²) in [7, 11) is 0. The van der Waals surface area contributed by atoms with Gasteiger partial charge in [0.2, 0.25) is 0 Å². The zero-order valence-electron chi connectivity index (χ0n) is 10.1. The topological polar surface area (TPSA) is 91.5 Å². The third-order valence-electron chi connectivity index (χ3n) is 1.71. The number of thioether (sulfide) groups is 1. The number of nitrogen functional groups attached to an aromatic ring is 1. The maximum Gasteiger partial charge on any atom is 0.352 e. The Morgan fingerprint density at radius 2 is 2.00 bits per heavy atom.